The number of nitrogens with zero attached hydrogens (tertiary/aromatic N) is 9. The molecule has 1 N–H and O–H groups in total. The lowest BCUT2D eigenvalue weighted by atomic mass is 9.82. The molecule has 4 saturated heterocycles. The van der Waals surface area contributed by atoms with Crippen molar-refractivity contribution in [3.8, 4) is 17.2 Å². The van der Waals surface area contributed by atoms with Crippen LogP contribution in [0.25, 0.3) is 27.8 Å². The largest absolute Gasteiger partial charge is 0.464 e. The molecule has 79 heavy (non-hydrogen) atoms. The van der Waals surface area contributed by atoms with E-state index in [1.807, 2.05) is 23.7 Å². The number of esters is 1. The standard InChI is InChI=1S/C27H33F2N5O2.C21H29N5O3.C7H5BrF2O.CO2/c1-18-16-23(33-10-8-20(9-11-33)32-12-14-35-15-13-32)24-25(19-4-2-5-19)31-34(26(24)30-18)21-6-3-7-22(17-21)36-27(28)29;1-28-21(27)16-13-17(18-19(14-3-2-4-14)23-24-20(18)22-16)26-7-5-15(6-8-26)25-9-11-29-12-10-25;8-5-2-1-3-6(4-5)11-7(9)10;2-1-3/h3,6-7,16-17,19-20,27H,2,4-5,8-15H2,1H3;13-15H,2-12H2,1H3,(H,22,23,24);1-4,7H;. The number of morpholine rings is 2. The van der Waals surface area contributed by atoms with Gasteiger partial charge >= 0.3 is 25.3 Å². The lowest BCUT2D eigenvalue weighted by Gasteiger charge is -2.41. The number of methoxy groups -OCH3 is 1. The molecule has 6 fully saturated rings. The highest BCUT2D eigenvalue weighted by molar-refractivity contribution is 9.10. The molecule has 4 aliphatic heterocycles. The average Bonchev–Trinajstić information content (AvgIpc) is 4.13. The van der Waals surface area contributed by atoms with Crippen molar-refractivity contribution >= 4 is 61.5 Å². The molecule has 4 aromatic heterocycles. The SMILES string of the molecule is COC(=O)c1cc(N2CCC(N3CCOCC3)CC2)c2c(C3CCC3)[nH]nc2n1.Cc1cc(N2CCC(N3CCOCC3)CC2)c2c(C3CCC3)nn(-c3cccc(OC(F)F)c3)c2n1.FC(F)Oc1cccc(Br)c1.O=C=O. The number of aryl methyl sites for hydroxylation is 1. The van der Waals surface area contributed by atoms with Crippen molar-refractivity contribution in [2.24, 2.45) is 0 Å². The second kappa shape index (κ2) is 27.3. The zero-order valence-electron chi connectivity index (χ0n) is 44.5. The third-order valence-corrected chi connectivity index (χ3v) is 16.2. The zero-order valence-corrected chi connectivity index (χ0v) is 46.1. The maximum Gasteiger partial charge on any atom is 0.387 e. The van der Waals surface area contributed by atoms with E-state index in [2.05, 4.69) is 66.3 Å². The van der Waals surface area contributed by atoms with E-state index >= 15 is 0 Å². The minimum absolute atomic E-state index is 0.120. The fourth-order valence-electron chi connectivity index (χ4n) is 11.4. The lowest BCUT2D eigenvalue weighted by Crippen LogP contribution is -2.49. The van der Waals surface area contributed by atoms with Gasteiger partial charge in [0.25, 0.3) is 0 Å². The maximum atomic E-state index is 12.9. The van der Waals surface area contributed by atoms with Crippen molar-refractivity contribution in [2.45, 2.75) is 108 Å². The van der Waals surface area contributed by atoms with Gasteiger partial charge in [-0.05, 0) is 101 Å². The predicted molar refractivity (Wildman–Crippen MR) is 290 cm³/mol. The number of hydrogen-bond donors (Lipinski definition) is 1. The fourth-order valence-corrected chi connectivity index (χ4v) is 11.8. The number of piperidine rings is 2. The number of halogens is 5. The van der Waals surface area contributed by atoms with Gasteiger partial charge in [-0.1, -0.05) is 40.9 Å². The van der Waals surface area contributed by atoms with Crippen molar-refractivity contribution in [3.63, 3.8) is 0 Å². The highest BCUT2D eigenvalue weighted by Crippen LogP contribution is 2.44. The minimum atomic E-state index is -2.87. The summed E-state index contributed by atoms with van der Waals surface area (Å²) >= 11 is 3.13. The molecule has 0 atom stereocenters. The number of aromatic amines is 1. The number of rotatable bonds is 12. The van der Waals surface area contributed by atoms with Crippen LogP contribution in [0, 0.1) is 6.92 Å². The Labute approximate surface area is 464 Å². The summed E-state index contributed by atoms with van der Waals surface area (Å²) in [6.45, 7) is 7.77. The number of carbonyl (C=O) groups is 1. The molecule has 2 saturated carbocycles. The van der Waals surface area contributed by atoms with Crippen molar-refractivity contribution in [1.29, 1.82) is 0 Å². The molecule has 23 heteroatoms. The molecular weight excluding hydrogens is 1100 g/mol. The Hall–Kier alpha value is -6.23. The van der Waals surface area contributed by atoms with E-state index in [1.54, 1.807) is 24.3 Å². The van der Waals surface area contributed by atoms with Gasteiger partial charge in [-0.25, -0.2) is 19.4 Å². The molecule has 2 aliphatic carbocycles. The molecule has 18 nitrogen and oxygen atoms in total. The number of carbonyl (C=O) groups excluding carboxylic acids is 3. The number of benzene rings is 2. The van der Waals surface area contributed by atoms with Crippen molar-refractivity contribution in [3.05, 3.63) is 87.9 Å². The molecule has 2 aromatic carbocycles. The van der Waals surface area contributed by atoms with Gasteiger partial charge in [0.1, 0.15) is 11.5 Å². The van der Waals surface area contributed by atoms with E-state index < -0.39 is 19.2 Å². The Morgan fingerprint density at radius 3 is 1.73 bits per heavy atom. The van der Waals surface area contributed by atoms with Crippen LogP contribution in [-0.2, 0) is 23.8 Å². The van der Waals surface area contributed by atoms with Crippen LogP contribution in [0.3, 0.4) is 0 Å². The topological polar surface area (TPSA) is 183 Å². The summed E-state index contributed by atoms with van der Waals surface area (Å²) < 4.78 is 76.3. The van der Waals surface area contributed by atoms with Gasteiger partial charge < -0.3 is 33.5 Å². The number of nitrogens with one attached hydrogen (secondary N) is 1. The van der Waals surface area contributed by atoms with Gasteiger partial charge in [0.05, 0.1) is 67.1 Å². The third-order valence-electron chi connectivity index (χ3n) is 15.7. The number of H-pyrrole nitrogens is 1. The smallest absolute Gasteiger partial charge is 0.387 e. The molecule has 0 spiro atoms. The molecule has 12 rings (SSSR count). The van der Waals surface area contributed by atoms with Crippen LogP contribution < -0.4 is 19.3 Å². The molecule has 0 amide bonds. The summed E-state index contributed by atoms with van der Waals surface area (Å²) in [5.74, 6) is 0.798. The quantitative estimate of drug-likeness (QED) is 0.0902. The van der Waals surface area contributed by atoms with E-state index in [9.17, 15) is 22.4 Å². The van der Waals surface area contributed by atoms with Gasteiger partial charge in [-0.15, -0.1) is 0 Å². The Kier molecular flexibility index (Phi) is 19.8. The summed E-state index contributed by atoms with van der Waals surface area (Å²) in [7, 11) is 1.39. The molecule has 424 valence electrons. The molecule has 6 aliphatic rings. The van der Waals surface area contributed by atoms with Gasteiger partial charge in [-0.2, -0.15) is 37.3 Å². The van der Waals surface area contributed by atoms with E-state index in [-0.39, 0.29) is 17.7 Å². The Morgan fingerprint density at radius 1 is 0.696 bits per heavy atom. The van der Waals surface area contributed by atoms with Crippen LogP contribution >= 0.6 is 15.9 Å². The number of ether oxygens (including phenoxy) is 5. The molecule has 0 radical (unpaired) electrons. The second-order valence-corrected chi connectivity index (χ2v) is 21.3. The minimum Gasteiger partial charge on any atom is -0.464 e. The summed E-state index contributed by atoms with van der Waals surface area (Å²) in [6.07, 6.45) is 11.8. The monoisotopic (exact) mass is 1160 g/mol. The number of hydrogen-bond acceptors (Lipinski definition) is 16. The molecule has 0 bridgehead atoms. The van der Waals surface area contributed by atoms with Gasteiger partial charge in [0.2, 0.25) is 0 Å². The maximum absolute atomic E-state index is 12.9. The first-order valence-corrected chi connectivity index (χ1v) is 28.0. The Bertz CT molecular complexity index is 3000. The molecule has 0 unspecified atom stereocenters. The number of anilines is 2. The van der Waals surface area contributed by atoms with E-state index in [4.69, 9.17) is 33.9 Å². The van der Waals surface area contributed by atoms with E-state index in [0.29, 0.717) is 40.9 Å². The van der Waals surface area contributed by atoms with E-state index in [1.165, 1.54) is 62.4 Å². The number of alkyl halides is 4. The molecular formula is C56H67BrF4N10O8. The third kappa shape index (κ3) is 14.2. The number of fused-ring (bicyclic) bond motifs is 2. The summed E-state index contributed by atoms with van der Waals surface area (Å²) in [4.78, 5) is 47.9. The van der Waals surface area contributed by atoms with Crippen LogP contribution in [0.5, 0.6) is 11.5 Å². The predicted octanol–water partition coefficient (Wildman–Crippen LogP) is 9.68. The summed E-state index contributed by atoms with van der Waals surface area (Å²) in [5.41, 5.74) is 7.88. The van der Waals surface area contributed by atoms with Crippen LogP contribution in [0.2, 0.25) is 0 Å². The van der Waals surface area contributed by atoms with Gasteiger partial charge in [-0.3, -0.25) is 14.9 Å². The Morgan fingerprint density at radius 2 is 1.23 bits per heavy atom. The van der Waals surface area contributed by atoms with Crippen LogP contribution in [0.1, 0.15) is 104 Å². The normalized spacial score (nSPS) is 18.8. The highest BCUT2D eigenvalue weighted by Gasteiger charge is 2.34. The van der Waals surface area contributed by atoms with Crippen molar-refractivity contribution in [1.82, 2.24) is 39.7 Å². The van der Waals surface area contributed by atoms with Gasteiger partial charge in [0, 0.05) is 98.2 Å². The Balaban J connectivity index is 0.000000157. The first kappa shape index (κ1) is 57.5. The molecule has 6 aromatic rings. The zero-order chi connectivity index (χ0) is 55.4. The second-order valence-electron chi connectivity index (χ2n) is 20.4. The average molecular weight is 1160 g/mol. The van der Waals surface area contributed by atoms with Crippen LogP contribution in [0.15, 0.2) is 65.1 Å². The van der Waals surface area contributed by atoms with Crippen molar-refractivity contribution < 1.29 is 55.6 Å². The first-order chi connectivity index (χ1) is 38.4. The van der Waals surface area contributed by atoms with E-state index in [0.717, 1.165) is 155 Å². The number of aromatic nitrogens is 6. The van der Waals surface area contributed by atoms with Crippen LogP contribution in [0.4, 0.5) is 28.9 Å². The first-order valence-electron chi connectivity index (χ1n) is 27.2. The summed E-state index contributed by atoms with van der Waals surface area (Å²) in [6, 6.07) is 18.4. The van der Waals surface area contributed by atoms with Gasteiger partial charge in [0.15, 0.2) is 17.0 Å². The van der Waals surface area contributed by atoms with Crippen LogP contribution in [-0.4, -0.2) is 163 Å². The fraction of sp³-hybridized carbons (Fsp3) is 0.536. The summed E-state index contributed by atoms with van der Waals surface area (Å²) in [5, 5.41) is 14.9. The van der Waals surface area contributed by atoms with Crippen molar-refractivity contribution in [2.75, 3.05) is 95.7 Å². The number of pyridine rings is 2. The lowest BCUT2D eigenvalue weighted by molar-refractivity contribution is -0.191. The highest BCUT2D eigenvalue weighted by atomic mass is 79.9. The molecule has 8 heterocycles.